The van der Waals surface area contributed by atoms with Crippen molar-refractivity contribution in [2.24, 2.45) is 0 Å². The second-order valence-corrected chi connectivity index (χ2v) is 6.82. The summed E-state index contributed by atoms with van der Waals surface area (Å²) in [5.74, 6) is 0.241. The topological polar surface area (TPSA) is 79.3 Å². The van der Waals surface area contributed by atoms with E-state index in [-0.39, 0.29) is 11.9 Å². The molecule has 1 aliphatic heterocycles. The number of amides is 3. The summed E-state index contributed by atoms with van der Waals surface area (Å²) in [6.45, 7) is 3.23. The number of benzene rings is 1. The minimum Gasteiger partial charge on any atom is -0.343 e. The van der Waals surface area contributed by atoms with E-state index in [4.69, 9.17) is 0 Å². The Hall–Kier alpha value is -2.83. The number of nitrogens with one attached hydrogen (secondary N) is 2. The molecule has 0 atom stereocenters. The molecule has 1 fully saturated rings. The van der Waals surface area contributed by atoms with Crippen LogP contribution in [-0.2, 0) is 17.8 Å². The number of imidazole rings is 1. The summed E-state index contributed by atoms with van der Waals surface area (Å²) in [4.78, 5) is 30.0. The van der Waals surface area contributed by atoms with Crippen molar-refractivity contribution in [2.45, 2.75) is 38.6 Å². The molecule has 2 N–H and O–H groups in total. The summed E-state index contributed by atoms with van der Waals surface area (Å²) in [6, 6.07) is 7.47. The second-order valence-electron chi connectivity index (χ2n) is 6.82. The van der Waals surface area contributed by atoms with E-state index >= 15 is 0 Å². The maximum absolute atomic E-state index is 12.1. The zero-order chi connectivity index (χ0) is 18.9. The van der Waals surface area contributed by atoms with Crippen molar-refractivity contribution < 1.29 is 9.59 Å². The average Bonchev–Trinajstić information content (AvgIpc) is 3.38. The van der Waals surface area contributed by atoms with Crippen molar-refractivity contribution >= 4 is 17.6 Å². The van der Waals surface area contributed by atoms with Crippen LogP contribution >= 0.6 is 0 Å². The van der Waals surface area contributed by atoms with Crippen LogP contribution in [0.5, 0.6) is 0 Å². The molecular formula is C20H27N5O2. The van der Waals surface area contributed by atoms with E-state index < -0.39 is 0 Å². The minimum absolute atomic E-state index is 0.211. The standard InChI is InChI=1S/C20H27N5O2/c26-19(25-13-1-2-14-25)9-6-17-4-7-18(8-5-17)23-20(27)22-10-3-12-24-15-11-21-16-24/h4-5,7-8,11,15-16H,1-3,6,9-10,12-14H2,(H2,22,23,27). The number of likely N-dealkylation sites (tertiary alicyclic amines) is 1. The number of nitrogens with zero attached hydrogens (tertiary/aromatic N) is 3. The third-order valence-corrected chi connectivity index (χ3v) is 4.74. The van der Waals surface area contributed by atoms with Gasteiger partial charge in [0.2, 0.25) is 5.91 Å². The first-order chi connectivity index (χ1) is 13.2. The Balaban J connectivity index is 1.34. The fourth-order valence-electron chi connectivity index (χ4n) is 3.19. The first-order valence-electron chi connectivity index (χ1n) is 9.58. The van der Waals surface area contributed by atoms with Gasteiger partial charge in [0.15, 0.2) is 0 Å². The second kappa shape index (κ2) is 9.75. The number of hydrogen-bond acceptors (Lipinski definition) is 3. The quantitative estimate of drug-likeness (QED) is 0.702. The van der Waals surface area contributed by atoms with Crippen LogP contribution in [0, 0.1) is 0 Å². The summed E-state index contributed by atoms with van der Waals surface area (Å²) in [5.41, 5.74) is 1.85. The highest BCUT2D eigenvalue weighted by Crippen LogP contribution is 2.14. The number of carbonyl (C=O) groups is 2. The van der Waals surface area contributed by atoms with Gasteiger partial charge in [0.05, 0.1) is 6.33 Å². The maximum atomic E-state index is 12.1. The van der Waals surface area contributed by atoms with Gasteiger partial charge in [-0.15, -0.1) is 0 Å². The summed E-state index contributed by atoms with van der Waals surface area (Å²) >= 11 is 0. The third kappa shape index (κ3) is 6.13. The van der Waals surface area contributed by atoms with Gasteiger partial charge in [0.25, 0.3) is 0 Å². The molecule has 1 saturated heterocycles. The number of carbonyl (C=O) groups excluding carboxylic acids is 2. The smallest absolute Gasteiger partial charge is 0.319 e. The summed E-state index contributed by atoms with van der Waals surface area (Å²) in [5, 5.41) is 5.67. The first-order valence-corrected chi connectivity index (χ1v) is 9.58. The zero-order valence-electron chi connectivity index (χ0n) is 15.6. The highest BCUT2D eigenvalue weighted by atomic mass is 16.2. The van der Waals surface area contributed by atoms with Gasteiger partial charge in [0, 0.05) is 50.7 Å². The molecule has 1 aromatic heterocycles. The molecule has 3 amide bonds. The van der Waals surface area contributed by atoms with E-state index in [0.717, 1.165) is 56.6 Å². The molecule has 0 saturated carbocycles. The Bertz CT molecular complexity index is 721. The lowest BCUT2D eigenvalue weighted by Crippen LogP contribution is -2.30. The van der Waals surface area contributed by atoms with Gasteiger partial charge in [-0.25, -0.2) is 9.78 Å². The molecule has 27 heavy (non-hydrogen) atoms. The van der Waals surface area contributed by atoms with Gasteiger partial charge >= 0.3 is 6.03 Å². The summed E-state index contributed by atoms with van der Waals surface area (Å²) in [6.07, 6.45) is 9.77. The SMILES string of the molecule is O=C(NCCCn1ccnc1)Nc1ccc(CCC(=O)N2CCCC2)cc1. The van der Waals surface area contributed by atoms with Crippen LogP contribution in [0.1, 0.15) is 31.2 Å². The van der Waals surface area contributed by atoms with Crippen LogP contribution in [0.4, 0.5) is 10.5 Å². The molecule has 1 aliphatic rings. The molecule has 3 rings (SSSR count). The Morgan fingerprint density at radius 3 is 2.59 bits per heavy atom. The fraction of sp³-hybridized carbons (Fsp3) is 0.450. The van der Waals surface area contributed by atoms with Crippen LogP contribution in [0.3, 0.4) is 0 Å². The van der Waals surface area contributed by atoms with Gasteiger partial charge < -0.3 is 20.1 Å². The van der Waals surface area contributed by atoms with Gasteiger partial charge in [-0.3, -0.25) is 4.79 Å². The molecule has 0 spiro atoms. The highest BCUT2D eigenvalue weighted by molar-refractivity contribution is 5.89. The Morgan fingerprint density at radius 2 is 1.89 bits per heavy atom. The molecule has 0 bridgehead atoms. The molecule has 0 radical (unpaired) electrons. The molecular weight excluding hydrogens is 342 g/mol. The molecule has 7 nitrogen and oxygen atoms in total. The fourth-order valence-corrected chi connectivity index (χ4v) is 3.19. The van der Waals surface area contributed by atoms with E-state index in [9.17, 15) is 9.59 Å². The number of aryl methyl sites for hydroxylation is 2. The van der Waals surface area contributed by atoms with Crippen molar-refractivity contribution in [2.75, 3.05) is 25.0 Å². The van der Waals surface area contributed by atoms with Crippen LogP contribution in [0.15, 0.2) is 43.0 Å². The zero-order valence-corrected chi connectivity index (χ0v) is 15.6. The minimum atomic E-state index is -0.211. The highest BCUT2D eigenvalue weighted by Gasteiger charge is 2.17. The van der Waals surface area contributed by atoms with E-state index in [2.05, 4.69) is 15.6 Å². The van der Waals surface area contributed by atoms with Gasteiger partial charge in [-0.1, -0.05) is 12.1 Å². The third-order valence-electron chi connectivity index (χ3n) is 4.74. The molecule has 1 aromatic carbocycles. The largest absolute Gasteiger partial charge is 0.343 e. The van der Waals surface area contributed by atoms with Crippen molar-refractivity contribution in [1.29, 1.82) is 0 Å². The van der Waals surface area contributed by atoms with E-state index in [1.807, 2.05) is 39.9 Å². The molecule has 0 aliphatic carbocycles. The normalized spacial score (nSPS) is 13.6. The molecule has 144 valence electrons. The lowest BCUT2D eigenvalue weighted by atomic mass is 10.1. The summed E-state index contributed by atoms with van der Waals surface area (Å²) < 4.78 is 1.98. The molecule has 0 unspecified atom stereocenters. The van der Waals surface area contributed by atoms with Crippen molar-refractivity contribution in [3.8, 4) is 0 Å². The van der Waals surface area contributed by atoms with E-state index in [1.54, 1.807) is 12.5 Å². The molecule has 2 heterocycles. The molecule has 2 aromatic rings. The number of urea groups is 1. The number of aromatic nitrogens is 2. The average molecular weight is 369 g/mol. The van der Waals surface area contributed by atoms with Crippen molar-refractivity contribution in [1.82, 2.24) is 19.8 Å². The number of anilines is 1. The summed E-state index contributed by atoms with van der Waals surface area (Å²) in [7, 11) is 0. The van der Waals surface area contributed by atoms with Crippen LogP contribution < -0.4 is 10.6 Å². The predicted molar refractivity (Wildman–Crippen MR) is 104 cm³/mol. The Kier molecular flexibility index (Phi) is 6.84. The predicted octanol–water partition coefficient (Wildman–Crippen LogP) is 2.65. The van der Waals surface area contributed by atoms with Gasteiger partial charge in [0.1, 0.15) is 0 Å². The van der Waals surface area contributed by atoms with Crippen molar-refractivity contribution in [3.63, 3.8) is 0 Å². The van der Waals surface area contributed by atoms with Crippen LogP contribution in [-0.4, -0.2) is 46.0 Å². The Morgan fingerprint density at radius 1 is 1.11 bits per heavy atom. The van der Waals surface area contributed by atoms with E-state index in [1.165, 1.54) is 0 Å². The first kappa shape index (κ1) is 18.9. The number of hydrogen-bond donors (Lipinski definition) is 2. The van der Waals surface area contributed by atoms with Crippen molar-refractivity contribution in [3.05, 3.63) is 48.5 Å². The lowest BCUT2D eigenvalue weighted by molar-refractivity contribution is -0.130. The van der Waals surface area contributed by atoms with Gasteiger partial charge in [-0.05, 0) is 43.4 Å². The monoisotopic (exact) mass is 369 g/mol. The molecule has 7 heteroatoms. The van der Waals surface area contributed by atoms with Gasteiger partial charge in [-0.2, -0.15) is 0 Å². The van der Waals surface area contributed by atoms with Crippen LogP contribution in [0.25, 0.3) is 0 Å². The maximum Gasteiger partial charge on any atom is 0.319 e. The number of rotatable bonds is 8. The van der Waals surface area contributed by atoms with E-state index in [0.29, 0.717) is 13.0 Å². The Labute approximate surface area is 159 Å². The van der Waals surface area contributed by atoms with Crippen LogP contribution in [0.2, 0.25) is 0 Å². The lowest BCUT2D eigenvalue weighted by Gasteiger charge is -2.15.